The summed E-state index contributed by atoms with van der Waals surface area (Å²) >= 11 is 9.10. The highest BCUT2D eigenvalue weighted by Gasteiger charge is 2.09. The predicted molar refractivity (Wildman–Crippen MR) is 90.7 cm³/mol. The first-order chi connectivity index (χ1) is 11.0. The van der Waals surface area contributed by atoms with E-state index in [9.17, 15) is 9.59 Å². The van der Waals surface area contributed by atoms with Gasteiger partial charge in [-0.3, -0.25) is 4.79 Å². The summed E-state index contributed by atoms with van der Waals surface area (Å²) in [6.07, 6.45) is 0. The van der Waals surface area contributed by atoms with Crippen molar-refractivity contribution < 1.29 is 19.1 Å². The fourth-order valence-corrected chi connectivity index (χ4v) is 2.06. The number of benzene rings is 2. The molecule has 0 radical (unpaired) electrons. The van der Waals surface area contributed by atoms with Gasteiger partial charge in [0.1, 0.15) is 5.75 Å². The maximum Gasteiger partial charge on any atom is 0.344 e. The van der Waals surface area contributed by atoms with E-state index in [2.05, 4.69) is 21.2 Å². The van der Waals surface area contributed by atoms with E-state index in [-0.39, 0.29) is 13.2 Å². The topological polar surface area (TPSA) is 64.6 Å². The summed E-state index contributed by atoms with van der Waals surface area (Å²) < 4.78 is 11.0. The molecule has 0 spiro atoms. The van der Waals surface area contributed by atoms with Crippen LogP contribution in [0.4, 0.5) is 5.69 Å². The Bertz CT molecular complexity index is 691. The summed E-state index contributed by atoms with van der Waals surface area (Å²) in [6, 6.07) is 13.7. The van der Waals surface area contributed by atoms with Gasteiger partial charge in [-0.05, 0) is 42.5 Å². The minimum Gasteiger partial charge on any atom is -0.482 e. The second kappa shape index (κ2) is 8.55. The third-order valence-corrected chi connectivity index (χ3v) is 3.41. The van der Waals surface area contributed by atoms with E-state index < -0.39 is 11.9 Å². The fraction of sp³-hybridized carbons (Fsp3) is 0.125. The van der Waals surface area contributed by atoms with Crippen molar-refractivity contribution in [1.29, 1.82) is 0 Å². The maximum absolute atomic E-state index is 11.7. The van der Waals surface area contributed by atoms with Gasteiger partial charge in [0.25, 0.3) is 5.91 Å². The zero-order valence-corrected chi connectivity index (χ0v) is 14.3. The van der Waals surface area contributed by atoms with E-state index in [4.69, 9.17) is 21.1 Å². The molecule has 0 heterocycles. The average molecular weight is 399 g/mol. The lowest BCUT2D eigenvalue weighted by molar-refractivity contribution is -0.149. The van der Waals surface area contributed by atoms with E-state index in [1.165, 1.54) is 0 Å². The average Bonchev–Trinajstić information content (AvgIpc) is 2.53. The molecule has 0 saturated carbocycles. The number of nitrogens with one attached hydrogen (secondary N) is 1. The van der Waals surface area contributed by atoms with Crippen molar-refractivity contribution >= 4 is 45.1 Å². The van der Waals surface area contributed by atoms with Crippen LogP contribution in [0.3, 0.4) is 0 Å². The molecule has 0 aromatic heterocycles. The number of hydrogen-bond donors (Lipinski definition) is 1. The van der Waals surface area contributed by atoms with E-state index in [1.807, 2.05) is 0 Å². The molecular formula is C16H13BrClNO4. The lowest BCUT2D eigenvalue weighted by Crippen LogP contribution is -2.23. The minimum atomic E-state index is -0.643. The van der Waals surface area contributed by atoms with E-state index in [1.54, 1.807) is 48.5 Å². The van der Waals surface area contributed by atoms with Crippen molar-refractivity contribution in [3.8, 4) is 5.75 Å². The number of ether oxygens (including phenoxy) is 2. The third kappa shape index (κ3) is 6.30. The fourth-order valence-electron chi connectivity index (χ4n) is 1.62. The molecule has 0 saturated heterocycles. The van der Waals surface area contributed by atoms with Crippen molar-refractivity contribution in [2.75, 3.05) is 18.5 Å². The summed E-state index contributed by atoms with van der Waals surface area (Å²) in [6.45, 7) is -0.681. The molecule has 0 unspecified atom stereocenters. The number of carbonyl (C=O) groups is 2. The molecule has 0 fully saturated rings. The van der Waals surface area contributed by atoms with Crippen LogP contribution in [0.1, 0.15) is 0 Å². The molecule has 0 aliphatic rings. The van der Waals surface area contributed by atoms with Gasteiger partial charge in [0.05, 0.1) is 0 Å². The molecule has 0 aliphatic heterocycles. The van der Waals surface area contributed by atoms with Gasteiger partial charge >= 0.3 is 5.97 Å². The van der Waals surface area contributed by atoms with Gasteiger partial charge in [-0.1, -0.05) is 33.6 Å². The molecule has 2 aromatic carbocycles. The monoisotopic (exact) mass is 397 g/mol. The smallest absolute Gasteiger partial charge is 0.344 e. The van der Waals surface area contributed by atoms with Gasteiger partial charge in [0.15, 0.2) is 13.2 Å². The first-order valence-corrected chi connectivity index (χ1v) is 7.79. The predicted octanol–water partition coefficient (Wildman–Crippen LogP) is 3.66. The number of hydrogen-bond acceptors (Lipinski definition) is 4. The standard InChI is InChI=1S/C16H13BrClNO4/c17-11-4-6-13(7-5-11)19-15(20)9-23-16(21)10-22-14-3-1-2-12(18)8-14/h1-8H,9-10H2,(H,19,20). The van der Waals surface area contributed by atoms with Crippen LogP contribution in [-0.2, 0) is 14.3 Å². The van der Waals surface area contributed by atoms with Crippen LogP contribution in [-0.4, -0.2) is 25.1 Å². The summed E-state index contributed by atoms with van der Waals surface area (Å²) in [4.78, 5) is 23.2. The molecule has 23 heavy (non-hydrogen) atoms. The highest BCUT2D eigenvalue weighted by molar-refractivity contribution is 9.10. The molecule has 1 N–H and O–H groups in total. The summed E-state index contributed by atoms with van der Waals surface area (Å²) in [7, 11) is 0. The van der Waals surface area contributed by atoms with Gasteiger partial charge in [0.2, 0.25) is 0 Å². The van der Waals surface area contributed by atoms with Crippen LogP contribution in [0.15, 0.2) is 53.0 Å². The number of esters is 1. The van der Waals surface area contributed by atoms with E-state index in [0.717, 1.165) is 4.47 Å². The molecule has 120 valence electrons. The van der Waals surface area contributed by atoms with Crippen molar-refractivity contribution in [1.82, 2.24) is 0 Å². The maximum atomic E-state index is 11.7. The van der Waals surface area contributed by atoms with Crippen LogP contribution in [0.2, 0.25) is 5.02 Å². The van der Waals surface area contributed by atoms with Crippen LogP contribution < -0.4 is 10.1 Å². The Morgan fingerprint density at radius 1 is 1.09 bits per heavy atom. The number of anilines is 1. The molecule has 2 aromatic rings. The molecule has 0 atom stereocenters. The highest BCUT2D eigenvalue weighted by Crippen LogP contribution is 2.17. The van der Waals surface area contributed by atoms with Gasteiger partial charge in [-0.15, -0.1) is 0 Å². The number of amides is 1. The highest BCUT2D eigenvalue weighted by atomic mass is 79.9. The second-order valence-corrected chi connectivity index (χ2v) is 5.81. The Balaban J connectivity index is 1.71. The summed E-state index contributed by atoms with van der Waals surface area (Å²) in [5.74, 6) is -0.617. The van der Waals surface area contributed by atoms with Gasteiger partial charge < -0.3 is 14.8 Å². The Morgan fingerprint density at radius 3 is 2.52 bits per heavy atom. The molecule has 5 nitrogen and oxygen atoms in total. The molecular weight excluding hydrogens is 386 g/mol. The molecule has 0 bridgehead atoms. The van der Waals surface area contributed by atoms with Crippen LogP contribution in [0.25, 0.3) is 0 Å². The van der Waals surface area contributed by atoms with Crippen molar-refractivity contribution in [2.45, 2.75) is 0 Å². The van der Waals surface area contributed by atoms with Gasteiger partial charge in [0, 0.05) is 15.2 Å². The molecule has 2 rings (SSSR count). The van der Waals surface area contributed by atoms with Crippen molar-refractivity contribution in [3.63, 3.8) is 0 Å². The zero-order valence-electron chi connectivity index (χ0n) is 11.9. The second-order valence-electron chi connectivity index (χ2n) is 4.46. The van der Waals surface area contributed by atoms with Crippen molar-refractivity contribution in [2.24, 2.45) is 0 Å². The first kappa shape index (κ1) is 17.3. The Morgan fingerprint density at radius 2 is 1.83 bits per heavy atom. The normalized spacial score (nSPS) is 10.0. The van der Waals surface area contributed by atoms with Crippen molar-refractivity contribution in [3.05, 3.63) is 58.0 Å². The SMILES string of the molecule is O=C(COC(=O)COc1cccc(Cl)c1)Nc1ccc(Br)cc1. The Hall–Kier alpha value is -2.05. The van der Waals surface area contributed by atoms with Gasteiger partial charge in [-0.25, -0.2) is 4.79 Å². The van der Waals surface area contributed by atoms with Crippen LogP contribution in [0.5, 0.6) is 5.75 Å². The number of rotatable bonds is 6. The molecule has 7 heteroatoms. The number of halogens is 2. The number of carbonyl (C=O) groups excluding carboxylic acids is 2. The summed E-state index contributed by atoms with van der Waals surface area (Å²) in [5.41, 5.74) is 0.615. The third-order valence-electron chi connectivity index (χ3n) is 2.64. The van der Waals surface area contributed by atoms with Crippen LogP contribution in [0, 0.1) is 0 Å². The van der Waals surface area contributed by atoms with Gasteiger partial charge in [-0.2, -0.15) is 0 Å². The van der Waals surface area contributed by atoms with Crippen LogP contribution >= 0.6 is 27.5 Å². The first-order valence-electron chi connectivity index (χ1n) is 6.62. The van der Waals surface area contributed by atoms with E-state index in [0.29, 0.717) is 16.5 Å². The molecule has 1 amide bonds. The lowest BCUT2D eigenvalue weighted by atomic mass is 10.3. The summed E-state index contributed by atoms with van der Waals surface area (Å²) in [5, 5.41) is 3.11. The minimum absolute atomic E-state index is 0.300. The quantitative estimate of drug-likeness (QED) is 0.754. The molecule has 0 aliphatic carbocycles. The Kier molecular flexibility index (Phi) is 6.43. The Labute approximate surface area is 146 Å². The zero-order chi connectivity index (χ0) is 16.7. The van der Waals surface area contributed by atoms with E-state index >= 15 is 0 Å². The largest absolute Gasteiger partial charge is 0.482 e. The lowest BCUT2D eigenvalue weighted by Gasteiger charge is -2.08.